The summed E-state index contributed by atoms with van der Waals surface area (Å²) in [6, 6.07) is 68.2. The van der Waals surface area contributed by atoms with Crippen molar-refractivity contribution in [1.82, 2.24) is 19.5 Å². The minimum absolute atomic E-state index is 0.587. The maximum atomic E-state index is 6.30. The summed E-state index contributed by atoms with van der Waals surface area (Å²) < 4.78 is 8.67. The second-order valence-electron chi connectivity index (χ2n) is 14.8. The summed E-state index contributed by atoms with van der Waals surface area (Å²) in [7, 11) is 0. The van der Waals surface area contributed by atoms with Crippen molar-refractivity contribution in [3.63, 3.8) is 0 Å². The molecule has 0 saturated carbocycles. The molecular formula is C53H32N4O. The van der Waals surface area contributed by atoms with Gasteiger partial charge in [0.15, 0.2) is 17.5 Å². The summed E-state index contributed by atoms with van der Waals surface area (Å²) in [5.74, 6) is 1.81. The van der Waals surface area contributed by atoms with Gasteiger partial charge in [-0.2, -0.15) is 0 Å². The molecule has 0 aliphatic carbocycles. The fourth-order valence-electron chi connectivity index (χ4n) is 8.69. The van der Waals surface area contributed by atoms with Gasteiger partial charge in [-0.1, -0.05) is 133 Å². The number of rotatable bonds is 5. The van der Waals surface area contributed by atoms with Crippen LogP contribution in [0.1, 0.15) is 0 Å². The summed E-state index contributed by atoms with van der Waals surface area (Å²) in [6.07, 6.45) is 0. The van der Waals surface area contributed by atoms with Crippen molar-refractivity contribution in [2.75, 3.05) is 0 Å². The molecule has 0 aliphatic rings. The molecule has 0 unspecified atom stereocenters. The molecule has 0 fully saturated rings. The number of aromatic nitrogens is 4. The first-order valence-corrected chi connectivity index (χ1v) is 19.5. The van der Waals surface area contributed by atoms with Gasteiger partial charge in [-0.05, 0) is 93.3 Å². The topological polar surface area (TPSA) is 56.7 Å². The fraction of sp³-hybridized carbons (Fsp3) is 0. The minimum atomic E-state index is 0.587. The van der Waals surface area contributed by atoms with Crippen molar-refractivity contribution >= 4 is 65.3 Å². The van der Waals surface area contributed by atoms with Crippen molar-refractivity contribution in [2.45, 2.75) is 0 Å². The highest BCUT2D eigenvalue weighted by Crippen LogP contribution is 2.40. The quantitative estimate of drug-likeness (QED) is 0.176. The van der Waals surface area contributed by atoms with Gasteiger partial charge in [0.05, 0.1) is 11.0 Å². The SMILES string of the molecule is c1ccc(-c2nc(-c3ccc4c(c3)oc3ccccc34)nc(-c3cc(-c4ccc5ccc6c(c5c4)c4ccccc4n6-c4ccccc4)cc4ccccc34)n2)cc1. The molecule has 0 radical (unpaired) electrons. The molecule has 0 saturated heterocycles. The lowest BCUT2D eigenvalue weighted by molar-refractivity contribution is 0.669. The van der Waals surface area contributed by atoms with Crippen LogP contribution in [0, 0.1) is 0 Å². The molecule has 0 bridgehead atoms. The predicted octanol–water partition coefficient (Wildman–Crippen LogP) is 13.8. The Morgan fingerprint density at radius 3 is 1.86 bits per heavy atom. The van der Waals surface area contributed by atoms with Gasteiger partial charge in [0, 0.05) is 43.9 Å². The van der Waals surface area contributed by atoms with Crippen LogP contribution in [-0.4, -0.2) is 19.5 Å². The highest BCUT2D eigenvalue weighted by molar-refractivity contribution is 6.22. The van der Waals surface area contributed by atoms with Crippen LogP contribution >= 0.6 is 0 Å². The third-order valence-corrected chi connectivity index (χ3v) is 11.4. The summed E-state index contributed by atoms with van der Waals surface area (Å²) in [6.45, 7) is 0. The largest absolute Gasteiger partial charge is 0.456 e. The zero-order valence-electron chi connectivity index (χ0n) is 31.2. The Labute approximate surface area is 333 Å². The number of para-hydroxylation sites is 3. The van der Waals surface area contributed by atoms with Crippen LogP contribution in [0.5, 0.6) is 0 Å². The molecular weight excluding hydrogens is 709 g/mol. The number of furan rings is 1. The van der Waals surface area contributed by atoms with Crippen molar-refractivity contribution in [3.05, 3.63) is 194 Å². The Morgan fingerprint density at radius 2 is 1.00 bits per heavy atom. The van der Waals surface area contributed by atoms with E-state index in [1.165, 1.54) is 32.6 Å². The molecule has 5 heteroatoms. The van der Waals surface area contributed by atoms with Crippen LogP contribution in [-0.2, 0) is 0 Å². The van der Waals surface area contributed by atoms with E-state index >= 15 is 0 Å². The Bertz CT molecular complexity index is 3570. The Balaban J connectivity index is 1.07. The van der Waals surface area contributed by atoms with Gasteiger partial charge < -0.3 is 8.98 Å². The monoisotopic (exact) mass is 740 g/mol. The van der Waals surface area contributed by atoms with Gasteiger partial charge in [0.1, 0.15) is 11.2 Å². The molecule has 9 aromatic carbocycles. The van der Waals surface area contributed by atoms with E-state index in [4.69, 9.17) is 19.4 Å². The number of fused-ring (bicyclic) bond motifs is 9. The Kier molecular flexibility index (Phi) is 7.16. The Hall–Kier alpha value is -7.89. The van der Waals surface area contributed by atoms with Crippen LogP contribution in [0.25, 0.3) is 116 Å². The van der Waals surface area contributed by atoms with E-state index in [-0.39, 0.29) is 0 Å². The number of nitrogens with zero attached hydrogens (tertiary/aromatic N) is 4. The van der Waals surface area contributed by atoms with Crippen molar-refractivity contribution in [3.8, 4) is 51.0 Å². The van der Waals surface area contributed by atoms with E-state index < -0.39 is 0 Å². The molecule has 0 atom stereocenters. The van der Waals surface area contributed by atoms with Crippen molar-refractivity contribution < 1.29 is 4.42 Å². The zero-order valence-corrected chi connectivity index (χ0v) is 31.2. The molecule has 270 valence electrons. The summed E-state index contributed by atoms with van der Waals surface area (Å²) in [5.41, 5.74) is 10.1. The van der Waals surface area contributed by atoms with E-state index in [1.807, 2.05) is 54.6 Å². The van der Waals surface area contributed by atoms with E-state index in [0.29, 0.717) is 17.5 Å². The molecule has 3 heterocycles. The lowest BCUT2D eigenvalue weighted by Gasteiger charge is -2.13. The number of hydrogen-bond donors (Lipinski definition) is 0. The average molecular weight is 741 g/mol. The number of benzene rings is 9. The summed E-state index contributed by atoms with van der Waals surface area (Å²) in [5, 5.41) is 9.23. The average Bonchev–Trinajstić information content (AvgIpc) is 3.84. The maximum Gasteiger partial charge on any atom is 0.164 e. The first-order chi connectivity index (χ1) is 28.7. The van der Waals surface area contributed by atoms with E-state index in [2.05, 4.69) is 144 Å². The zero-order chi connectivity index (χ0) is 38.2. The predicted molar refractivity (Wildman–Crippen MR) is 238 cm³/mol. The summed E-state index contributed by atoms with van der Waals surface area (Å²) in [4.78, 5) is 15.5. The standard InChI is InChI=1S/C53H32N4O/c1-3-13-34(14-4-1)51-54-52(37-25-27-42-41-19-10-12-22-48(41)58-49(42)32-37)56-53(55-51)45-31-38(29-36-15-7-8-18-40(36)45)35-24-23-33-26-28-47-50(44(33)30-35)43-20-9-11-21-46(43)57(47)39-16-5-2-6-17-39/h1-32H. The van der Waals surface area contributed by atoms with Crippen LogP contribution in [0.15, 0.2) is 199 Å². The van der Waals surface area contributed by atoms with E-state index in [1.54, 1.807) is 0 Å². The summed E-state index contributed by atoms with van der Waals surface area (Å²) >= 11 is 0. The van der Waals surface area contributed by atoms with Crippen LogP contribution in [0.4, 0.5) is 0 Å². The Morgan fingerprint density at radius 1 is 0.345 bits per heavy atom. The third kappa shape index (κ3) is 5.14. The van der Waals surface area contributed by atoms with Crippen LogP contribution < -0.4 is 0 Å². The fourth-order valence-corrected chi connectivity index (χ4v) is 8.69. The van der Waals surface area contributed by atoms with Gasteiger partial charge in [0.25, 0.3) is 0 Å². The molecule has 5 nitrogen and oxygen atoms in total. The van der Waals surface area contributed by atoms with Gasteiger partial charge in [0.2, 0.25) is 0 Å². The highest BCUT2D eigenvalue weighted by Gasteiger charge is 2.19. The van der Waals surface area contributed by atoms with Gasteiger partial charge in [-0.25, -0.2) is 15.0 Å². The molecule has 0 N–H and O–H groups in total. The van der Waals surface area contributed by atoms with Gasteiger partial charge in [-0.3, -0.25) is 0 Å². The lowest BCUT2D eigenvalue weighted by Crippen LogP contribution is -2.01. The second kappa shape index (κ2) is 12.8. The lowest BCUT2D eigenvalue weighted by atomic mass is 9.94. The highest BCUT2D eigenvalue weighted by atomic mass is 16.3. The van der Waals surface area contributed by atoms with Crippen molar-refractivity contribution in [1.29, 1.82) is 0 Å². The smallest absolute Gasteiger partial charge is 0.164 e. The molecule has 3 aromatic heterocycles. The van der Waals surface area contributed by atoms with Crippen molar-refractivity contribution in [2.24, 2.45) is 0 Å². The van der Waals surface area contributed by atoms with E-state index in [9.17, 15) is 0 Å². The third-order valence-electron chi connectivity index (χ3n) is 11.4. The van der Waals surface area contributed by atoms with Gasteiger partial charge in [-0.15, -0.1) is 0 Å². The minimum Gasteiger partial charge on any atom is -0.456 e. The first-order valence-electron chi connectivity index (χ1n) is 19.5. The second-order valence-corrected chi connectivity index (χ2v) is 14.8. The molecule has 0 amide bonds. The number of hydrogen-bond acceptors (Lipinski definition) is 4. The molecule has 12 rings (SSSR count). The normalized spacial score (nSPS) is 11.8. The molecule has 58 heavy (non-hydrogen) atoms. The van der Waals surface area contributed by atoms with Crippen LogP contribution in [0.3, 0.4) is 0 Å². The molecule has 0 spiro atoms. The van der Waals surface area contributed by atoms with Crippen LogP contribution in [0.2, 0.25) is 0 Å². The molecule has 0 aliphatic heterocycles. The van der Waals surface area contributed by atoms with Gasteiger partial charge >= 0.3 is 0 Å². The van der Waals surface area contributed by atoms with E-state index in [0.717, 1.165) is 66.2 Å². The first kappa shape index (κ1) is 32.4. The molecule has 12 aromatic rings. The maximum absolute atomic E-state index is 6.30.